The number of carbonyl (C=O) groups excluding carboxylic acids is 2. The van der Waals surface area contributed by atoms with Gasteiger partial charge in [0, 0.05) is 18.5 Å². The predicted molar refractivity (Wildman–Crippen MR) is 168 cm³/mol. The molecule has 2 heterocycles. The lowest BCUT2D eigenvalue weighted by Crippen LogP contribution is -2.35. The second-order valence-electron chi connectivity index (χ2n) is 11.2. The SMILES string of the molecule is CCCc1nc(C(F)(F)C(F)(F)F)c(C=O)n1Cc1ccc(-c2ccccc2-c2nnn(C(C)OC(=O)Oc3ccc(CON(O)O)cc3)n2)cc1. The van der Waals surface area contributed by atoms with Crippen molar-refractivity contribution < 1.29 is 56.3 Å². The molecule has 274 valence electrons. The fraction of sp³-hybridized carbons (Fsp3) is 0.273. The smallest absolute Gasteiger partial charge is 0.407 e. The van der Waals surface area contributed by atoms with Crippen molar-refractivity contribution in [2.75, 3.05) is 0 Å². The molecule has 3 aromatic carbocycles. The Morgan fingerprint density at radius 2 is 1.62 bits per heavy atom. The number of benzene rings is 3. The van der Waals surface area contributed by atoms with Crippen molar-refractivity contribution in [2.24, 2.45) is 0 Å². The highest BCUT2D eigenvalue weighted by atomic mass is 19.4. The van der Waals surface area contributed by atoms with Gasteiger partial charge in [-0.2, -0.15) is 22.0 Å². The highest BCUT2D eigenvalue weighted by Gasteiger charge is 2.61. The molecule has 5 rings (SSSR count). The van der Waals surface area contributed by atoms with Crippen LogP contribution < -0.4 is 4.74 Å². The van der Waals surface area contributed by atoms with E-state index in [2.05, 4.69) is 25.2 Å². The largest absolute Gasteiger partial charge is 0.515 e. The lowest BCUT2D eigenvalue weighted by Gasteiger charge is -2.18. The summed E-state index contributed by atoms with van der Waals surface area (Å²) in [6.45, 7) is 2.86. The quantitative estimate of drug-likeness (QED) is 0.0399. The van der Waals surface area contributed by atoms with E-state index in [-0.39, 0.29) is 43.3 Å². The minimum atomic E-state index is -5.93. The van der Waals surface area contributed by atoms with Gasteiger partial charge < -0.3 is 14.0 Å². The number of halogens is 5. The fourth-order valence-electron chi connectivity index (χ4n) is 5.07. The lowest BCUT2D eigenvalue weighted by molar-refractivity contribution is -0.497. The third-order valence-electron chi connectivity index (χ3n) is 7.59. The van der Waals surface area contributed by atoms with Crippen molar-refractivity contribution in [1.82, 2.24) is 35.1 Å². The maximum absolute atomic E-state index is 14.3. The van der Waals surface area contributed by atoms with Crippen molar-refractivity contribution in [3.05, 3.63) is 101 Å². The Labute approximate surface area is 291 Å². The number of aldehydes is 1. The summed E-state index contributed by atoms with van der Waals surface area (Å²) in [4.78, 5) is 33.4. The first-order valence-electron chi connectivity index (χ1n) is 15.5. The van der Waals surface area contributed by atoms with Crippen LogP contribution in [0.1, 0.15) is 59.6 Å². The van der Waals surface area contributed by atoms with E-state index in [1.807, 2.05) is 0 Å². The minimum Gasteiger partial charge on any atom is -0.407 e. The maximum Gasteiger partial charge on any atom is 0.515 e. The summed E-state index contributed by atoms with van der Waals surface area (Å²) in [6.07, 6.45) is -7.61. The van der Waals surface area contributed by atoms with E-state index in [9.17, 15) is 31.5 Å². The average Bonchev–Trinajstić information content (AvgIpc) is 3.74. The van der Waals surface area contributed by atoms with E-state index in [1.165, 1.54) is 31.2 Å². The molecule has 2 N–H and O–H groups in total. The van der Waals surface area contributed by atoms with Crippen LogP contribution in [-0.4, -0.2) is 64.2 Å². The molecule has 52 heavy (non-hydrogen) atoms. The molecular formula is C33H30F5N7O7. The lowest BCUT2D eigenvalue weighted by atomic mass is 9.98. The zero-order valence-corrected chi connectivity index (χ0v) is 27.4. The number of hydrogen-bond acceptors (Lipinski definition) is 12. The normalized spacial score (nSPS) is 12.6. The van der Waals surface area contributed by atoms with Crippen molar-refractivity contribution in [1.29, 1.82) is 0 Å². The molecule has 0 aliphatic heterocycles. The van der Waals surface area contributed by atoms with Crippen LogP contribution in [0.5, 0.6) is 5.75 Å². The first-order chi connectivity index (χ1) is 24.7. The molecule has 0 bridgehead atoms. The van der Waals surface area contributed by atoms with Gasteiger partial charge in [0.05, 0.1) is 12.0 Å². The second kappa shape index (κ2) is 15.7. The molecule has 5 aromatic rings. The summed E-state index contributed by atoms with van der Waals surface area (Å²) in [5, 5.41) is 29.3. The summed E-state index contributed by atoms with van der Waals surface area (Å²) in [5.41, 5.74) is 0.472. The number of hydrogen-bond donors (Lipinski definition) is 2. The van der Waals surface area contributed by atoms with Crippen LogP contribution in [0.4, 0.5) is 26.7 Å². The van der Waals surface area contributed by atoms with Gasteiger partial charge >= 0.3 is 18.3 Å². The highest BCUT2D eigenvalue weighted by Crippen LogP contribution is 2.44. The molecule has 1 atom stereocenters. The van der Waals surface area contributed by atoms with Crippen LogP contribution in [0.3, 0.4) is 0 Å². The molecule has 0 amide bonds. The van der Waals surface area contributed by atoms with Crippen molar-refractivity contribution >= 4 is 12.4 Å². The van der Waals surface area contributed by atoms with Crippen LogP contribution in [-0.2, 0) is 35.1 Å². The van der Waals surface area contributed by atoms with E-state index in [1.54, 1.807) is 55.5 Å². The van der Waals surface area contributed by atoms with Crippen LogP contribution >= 0.6 is 0 Å². The minimum absolute atomic E-state index is 0.0376. The molecule has 2 aromatic heterocycles. The van der Waals surface area contributed by atoms with Gasteiger partial charge in [0.25, 0.3) is 0 Å². The molecule has 19 heteroatoms. The molecule has 0 radical (unpaired) electrons. The van der Waals surface area contributed by atoms with Crippen molar-refractivity contribution in [2.45, 2.75) is 58.2 Å². The number of aromatic nitrogens is 6. The Morgan fingerprint density at radius 3 is 2.23 bits per heavy atom. The number of alkyl halides is 5. The molecule has 0 aliphatic carbocycles. The molecule has 1 unspecified atom stereocenters. The third kappa shape index (κ3) is 8.45. The molecule has 14 nitrogen and oxygen atoms in total. The van der Waals surface area contributed by atoms with Gasteiger partial charge in [-0.25, -0.2) is 14.6 Å². The summed E-state index contributed by atoms with van der Waals surface area (Å²) in [6, 6.07) is 19.7. The van der Waals surface area contributed by atoms with Gasteiger partial charge in [-0.05, 0) is 52.9 Å². The molecular weight excluding hydrogens is 701 g/mol. The van der Waals surface area contributed by atoms with Gasteiger partial charge in [0.1, 0.15) is 23.0 Å². The van der Waals surface area contributed by atoms with Gasteiger partial charge in [0.2, 0.25) is 12.1 Å². The molecule has 0 fully saturated rings. The average molecular weight is 732 g/mol. The number of carbonyl (C=O) groups is 2. The van der Waals surface area contributed by atoms with E-state index in [0.29, 0.717) is 34.2 Å². The Kier molecular flexibility index (Phi) is 11.4. The summed E-state index contributed by atoms with van der Waals surface area (Å²) in [5.74, 6) is -5.06. The first-order valence-corrected chi connectivity index (χ1v) is 15.5. The zero-order chi connectivity index (χ0) is 37.6. The predicted octanol–water partition coefficient (Wildman–Crippen LogP) is 6.92. The number of tetrazole rings is 1. The number of rotatable bonds is 14. The Bertz CT molecular complexity index is 2000. The van der Waals surface area contributed by atoms with Crippen LogP contribution in [0.15, 0.2) is 72.8 Å². The summed E-state index contributed by atoms with van der Waals surface area (Å²) >= 11 is 0. The van der Waals surface area contributed by atoms with Crippen LogP contribution in [0, 0.1) is 0 Å². The highest BCUT2D eigenvalue weighted by molar-refractivity contribution is 5.80. The number of nitrogens with zero attached hydrogens (tertiary/aromatic N) is 7. The molecule has 0 spiro atoms. The summed E-state index contributed by atoms with van der Waals surface area (Å²) in [7, 11) is 0. The maximum atomic E-state index is 14.3. The second-order valence-corrected chi connectivity index (χ2v) is 11.2. The van der Waals surface area contributed by atoms with E-state index in [4.69, 9.17) is 19.9 Å². The fourth-order valence-corrected chi connectivity index (χ4v) is 5.07. The molecule has 0 aliphatic rings. The zero-order valence-electron chi connectivity index (χ0n) is 27.4. The van der Waals surface area contributed by atoms with E-state index < -0.39 is 41.3 Å². The summed E-state index contributed by atoms with van der Waals surface area (Å²) < 4.78 is 79.7. The van der Waals surface area contributed by atoms with Crippen LogP contribution in [0.25, 0.3) is 22.5 Å². The Hall–Kier alpha value is -5.63. The molecule has 0 saturated heterocycles. The standard InChI is InChI=1S/C33H30F5N7O7/c1-3-6-28-39-29(32(34,35)33(36,37)38)27(18-46)43(28)17-21-9-13-23(14-10-21)25-7-4-5-8-26(25)30-40-42-44(41-30)20(2)51-31(47)52-24-15-11-22(12-16-24)19-50-45(48)49/h4-5,7-16,18,20,48-49H,3,6,17,19H2,1-2H3. The number of imidazole rings is 1. The Balaban J connectivity index is 1.30. The molecule has 0 saturated carbocycles. The van der Waals surface area contributed by atoms with Gasteiger partial charge in [-0.3, -0.25) is 15.2 Å². The monoisotopic (exact) mass is 731 g/mol. The first kappa shape index (κ1) is 37.6. The van der Waals surface area contributed by atoms with Crippen molar-refractivity contribution in [3.63, 3.8) is 0 Å². The Morgan fingerprint density at radius 1 is 0.962 bits per heavy atom. The van der Waals surface area contributed by atoms with E-state index >= 15 is 0 Å². The van der Waals surface area contributed by atoms with Crippen LogP contribution in [0.2, 0.25) is 0 Å². The van der Waals surface area contributed by atoms with E-state index in [0.717, 1.165) is 9.36 Å². The van der Waals surface area contributed by atoms with Gasteiger partial charge in [-0.15, -0.1) is 15.0 Å². The third-order valence-corrected chi connectivity index (χ3v) is 7.59. The number of ether oxygens (including phenoxy) is 2. The topological polar surface area (TPSA) is 167 Å². The number of aryl methyl sites for hydroxylation is 1. The van der Waals surface area contributed by atoms with Gasteiger partial charge in [-0.1, -0.05) is 67.6 Å². The van der Waals surface area contributed by atoms with Gasteiger partial charge in [0.15, 0.2) is 6.29 Å². The van der Waals surface area contributed by atoms with Crippen molar-refractivity contribution in [3.8, 4) is 28.3 Å².